The lowest BCUT2D eigenvalue weighted by Crippen LogP contribution is -2.40. The van der Waals surface area contributed by atoms with Gasteiger partial charge in [0.05, 0.1) is 6.54 Å². The van der Waals surface area contributed by atoms with Gasteiger partial charge in [0.1, 0.15) is 6.54 Å². The molecule has 0 aliphatic rings. The number of amides is 2. The first-order valence-corrected chi connectivity index (χ1v) is 6.45. The Morgan fingerprint density at radius 3 is 2.16 bits per heavy atom. The number of hydrogen-bond donors (Lipinski definition) is 2. The highest BCUT2D eigenvalue weighted by Crippen LogP contribution is 2.11. The lowest BCUT2D eigenvalue weighted by Gasteiger charge is -2.09. The molecule has 0 unspecified atom stereocenters. The first kappa shape index (κ1) is 17.7. The highest BCUT2D eigenvalue weighted by atomic mass is 19.4. The molecule has 0 aromatic rings. The van der Waals surface area contributed by atoms with Gasteiger partial charge < -0.3 is 10.6 Å². The highest BCUT2D eigenvalue weighted by molar-refractivity contribution is 5.84. The number of alkyl halides is 3. The standard InChI is InChI=1S/C12H21F3N2O2/c1-2-3-4-5-6-7-10(18)16-8-11(19)17-9-12(13,14)15/h2-9H2,1H3,(H,16,18)(H,17,19). The molecule has 19 heavy (non-hydrogen) atoms. The van der Waals surface area contributed by atoms with Crippen molar-refractivity contribution in [2.75, 3.05) is 13.1 Å². The van der Waals surface area contributed by atoms with E-state index < -0.39 is 25.2 Å². The maximum atomic E-state index is 11.8. The summed E-state index contributed by atoms with van der Waals surface area (Å²) in [6.07, 6.45) is 0.857. The van der Waals surface area contributed by atoms with Crippen molar-refractivity contribution in [3.63, 3.8) is 0 Å². The van der Waals surface area contributed by atoms with Crippen molar-refractivity contribution in [3.05, 3.63) is 0 Å². The number of hydrogen-bond acceptors (Lipinski definition) is 2. The molecule has 2 amide bonds. The molecule has 7 heteroatoms. The van der Waals surface area contributed by atoms with Gasteiger partial charge in [-0.05, 0) is 6.42 Å². The molecule has 0 fully saturated rings. The summed E-state index contributed by atoms with van der Waals surface area (Å²) in [4.78, 5) is 22.3. The van der Waals surface area contributed by atoms with Crippen LogP contribution in [-0.4, -0.2) is 31.1 Å². The van der Waals surface area contributed by atoms with Crippen molar-refractivity contribution in [1.82, 2.24) is 10.6 Å². The average Bonchev–Trinajstić information content (AvgIpc) is 2.32. The van der Waals surface area contributed by atoms with Crippen LogP contribution < -0.4 is 10.6 Å². The largest absolute Gasteiger partial charge is 0.405 e. The molecule has 0 bridgehead atoms. The van der Waals surface area contributed by atoms with Crippen molar-refractivity contribution in [2.24, 2.45) is 0 Å². The van der Waals surface area contributed by atoms with Crippen molar-refractivity contribution < 1.29 is 22.8 Å². The smallest absolute Gasteiger partial charge is 0.347 e. The summed E-state index contributed by atoms with van der Waals surface area (Å²) in [5, 5.41) is 3.97. The van der Waals surface area contributed by atoms with Gasteiger partial charge in [0.2, 0.25) is 11.8 Å². The van der Waals surface area contributed by atoms with Gasteiger partial charge in [-0.25, -0.2) is 0 Å². The van der Waals surface area contributed by atoms with Crippen LogP contribution in [0.4, 0.5) is 13.2 Å². The molecule has 0 aromatic carbocycles. The van der Waals surface area contributed by atoms with Crippen molar-refractivity contribution >= 4 is 11.8 Å². The van der Waals surface area contributed by atoms with Crippen LogP contribution >= 0.6 is 0 Å². The van der Waals surface area contributed by atoms with Crippen molar-refractivity contribution in [3.8, 4) is 0 Å². The third-order valence-corrected chi connectivity index (χ3v) is 2.44. The van der Waals surface area contributed by atoms with E-state index in [-0.39, 0.29) is 5.91 Å². The van der Waals surface area contributed by atoms with Crippen LogP contribution in [0.2, 0.25) is 0 Å². The molecule has 112 valence electrons. The molecule has 0 atom stereocenters. The van der Waals surface area contributed by atoms with Crippen LogP contribution in [0.1, 0.15) is 45.4 Å². The molecule has 2 N–H and O–H groups in total. The fourth-order valence-electron chi connectivity index (χ4n) is 1.42. The second-order valence-electron chi connectivity index (χ2n) is 4.33. The van der Waals surface area contributed by atoms with Gasteiger partial charge in [-0.15, -0.1) is 0 Å². The molecule has 0 aliphatic heterocycles. The summed E-state index contributed by atoms with van der Waals surface area (Å²) < 4.78 is 35.3. The van der Waals surface area contributed by atoms with Crippen molar-refractivity contribution in [2.45, 2.75) is 51.6 Å². The lowest BCUT2D eigenvalue weighted by atomic mass is 10.1. The molecule has 0 saturated heterocycles. The lowest BCUT2D eigenvalue weighted by molar-refractivity contribution is -0.138. The Morgan fingerprint density at radius 2 is 1.58 bits per heavy atom. The van der Waals surface area contributed by atoms with Crippen LogP contribution in [0.15, 0.2) is 0 Å². The average molecular weight is 282 g/mol. The Morgan fingerprint density at radius 1 is 0.947 bits per heavy atom. The minimum Gasteiger partial charge on any atom is -0.347 e. The molecule has 0 saturated carbocycles. The van der Waals surface area contributed by atoms with E-state index in [1.165, 1.54) is 0 Å². The second-order valence-corrected chi connectivity index (χ2v) is 4.33. The van der Waals surface area contributed by atoms with Crippen LogP contribution in [0.25, 0.3) is 0 Å². The summed E-state index contributed by atoms with van der Waals surface area (Å²) in [5.74, 6) is -1.14. The van der Waals surface area contributed by atoms with Gasteiger partial charge in [-0.3, -0.25) is 9.59 Å². The number of rotatable bonds is 9. The van der Waals surface area contributed by atoms with Gasteiger partial charge in [-0.2, -0.15) is 13.2 Å². The zero-order valence-corrected chi connectivity index (χ0v) is 11.1. The number of carbonyl (C=O) groups is 2. The third-order valence-electron chi connectivity index (χ3n) is 2.44. The van der Waals surface area contributed by atoms with E-state index in [2.05, 4.69) is 12.2 Å². The van der Waals surface area contributed by atoms with Gasteiger partial charge in [0.15, 0.2) is 0 Å². The van der Waals surface area contributed by atoms with Gasteiger partial charge in [0.25, 0.3) is 0 Å². The molecule has 0 rings (SSSR count). The summed E-state index contributed by atoms with van der Waals surface area (Å²) >= 11 is 0. The molecule has 0 spiro atoms. The Hall–Kier alpha value is -1.27. The molecule has 0 heterocycles. The van der Waals surface area contributed by atoms with Gasteiger partial charge >= 0.3 is 6.18 Å². The Bertz CT molecular complexity index is 281. The normalized spacial score (nSPS) is 11.2. The molecule has 0 aliphatic carbocycles. The van der Waals surface area contributed by atoms with E-state index in [1.807, 2.05) is 0 Å². The maximum absolute atomic E-state index is 11.8. The summed E-state index contributed by atoms with van der Waals surface area (Å²) in [6, 6.07) is 0. The molecule has 4 nitrogen and oxygen atoms in total. The van der Waals surface area contributed by atoms with Crippen LogP contribution in [0.5, 0.6) is 0 Å². The van der Waals surface area contributed by atoms with Crippen molar-refractivity contribution in [1.29, 1.82) is 0 Å². The number of unbranched alkanes of at least 4 members (excludes halogenated alkanes) is 4. The quantitative estimate of drug-likeness (QED) is 0.637. The van der Waals surface area contributed by atoms with E-state index >= 15 is 0 Å². The number of carbonyl (C=O) groups excluding carboxylic acids is 2. The number of nitrogens with one attached hydrogen (secondary N) is 2. The molecule has 0 radical (unpaired) electrons. The summed E-state index contributed by atoms with van der Waals surface area (Å²) in [5.41, 5.74) is 0. The minimum absolute atomic E-state index is 0.302. The molecule has 0 aromatic heterocycles. The Labute approximate surface area is 111 Å². The van der Waals surface area contributed by atoms with E-state index in [0.29, 0.717) is 6.42 Å². The van der Waals surface area contributed by atoms with Crippen LogP contribution in [0, 0.1) is 0 Å². The van der Waals surface area contributed by atoms with Gasteiger partial charge in [-0.1, -0.05) is 32.6 Å². The second kappa shape index (κ2) is 9.63. The fourth-order valence-corrected chi connectivity index (χ4v) is 1.42. The monoisotopic (exact) mass is 282 g/mol. The first-order valence-electron chi connectivity index (χ1n) is 6.45. The SMILES string of the molecule is CCCCCCCC(=O)NCC(=O)NCC(F)(F)F. The maximum Gasteiger partial charge on any atom is 0.405 e. The predicted molar refractivity (Wildman–Crippen MR) is 65.5 cm³/mol. The third kappa shape index (κ3) is 13.0. The zero-order valence-electron chi connectivity index (χ0n) is 11.1. The molecular formula is C12H21F3N2O2. The van der Waals surface area contributed by atoms with E-state index in [0.717, 1.165) is 32.1 Å². The summed E-state index contributed by atoms with van der Waals surface area (Å²) in [7, 11) is 0. The van der Waals surface area contributed by atoms with E-state index in [9.17, 15) is 22.8 Å². The Kier molecular flexibility index (Phi) is 8.99. The fraction of sp³-hybridized carbons (Fsp3) is 0.833. The van der Waals surface area contributed by atoms with E-state index in [1.54, 1.807) is 5.32 Å². The predicted octanol–water partition coefficient (Wildman–Crippen LogP) is 2.14. The topological polar surface area (TPSA) is 58.2 Å². The molecular weight excluding hydrogens is 261 g/mol. The zero-order chi connectivity index (χ0) is 14.7. The van der Waals surface area contributed by atoms with Crippen LogP contribution in [-0.2, 0) is 9.59 Å². The summed E-state index contributed by atoms with van der Waals surface area (Å²) in [6.45, 7) is 0.300. The van der Waals surface area contributed by atoms with Crippen LogP contribution in [0.3, 0.4) is 0 Å². The highest BCUT2D eigenvalue weighted by Gasteiger charge is 2.27. The van der Waals surface area contributed by atoms with Gasteiger partial charge in [0, 0.05) is 6.42 Å². The number of halogens is 3. The Balaban J connectivity index is 3.53. The first-order chi connectivity index (χ1) is 8.85. The minimum atomic E-state index is -4.43. The van der Waals surface area contributed by atoms with E-state index in [4.69, 9.17) is 0 Å².